The van der Waals surface area contributed by atoms with Crippen LogP contribution in [0.4, 0.5) is 0 Å². The molecule has 0 unspecified atom stereocenters. The zero-order chi connectivity index (χ0) is 16.3. The van der Waals surface area contributed by atoms with Gasteiger partial charge in [0, 0.05) is 0 Å². The van der Waals surface area contributed by atoms with E-state index in [1.54, 1.807) is 0 Å². The third-order valence-electron chi connectivity index (χ3n) is 2.69. The van der Waals surface area contributed by atoms with E-state index in [4.69, 9.17) is 0 Å². The highest BCUT2D eigenvalue weighted by atomic mass is 14.2. The summed E-state index contributed by atoms with van der Waals surface area (Å²) in [4.78, 5) is 0. The summed E-state index contributed by atoms with van der Waals surface area (Å²) < 4.78 is 0. The van der Waals surface area contributed by atoms with Gasteiger partial charge in [0.15, 0.2) is 0 Å². The summed E-state index contributed by atoms with van der Waals surface area (Å²) in [6.07, 6.45) is 7.75. The normalized spacial score (nSPS) is 17.2. The van der Waals surface area contributed by atoms with Crippen LogP contribution in [0.1, 0.15) is 68.7 Å². The van der Waals surface area contributed by atoms with Crippen LogP contribution in [0.15, 0.2) is 58.2 Å². The summed E-state index contributed by atoms with van der Waals surface area (Å²) in [5.41, 5.74) is 8.12. The SMILES string of the molecule is C=C(C)/C=C1/CC(C)=C(C=C(C)C)/C1=C/C.CC.CC. The molecule has 0 N–H and O–H groups in total. The van der Waals surface area contributed by atoms with Gasteiger partial charge in [-0.3, -0.25) is 0 Å². The highest BCUT2D eigenvalue weighted by molar-refractivity contribution is 5.61. The van der Waals surface area contributed by atoms with E-state index in [-0.39, 0.29) is 0 Å². The van der Waals surface area contributed by atoms with Gasteiger partial charge in [-0.05, 0) is 57.8 Å². The van der Waals surface area contributed by atoms with Gasteiger partial charge in [-0.25, -0.2) is 0 Å². The zero-order valence-corrected chi connectivity index (χ0v) is 15.1. The van der Waals surface area contributed by atoms with Gasteiger partial charge in [0.1, 0.15) is 0 Å². The lowest BCUT2D eigenvalue weighted by atomic mass is 10.0. The molecule has 0 radical (unpaired) electrons. The second-order valence-corrected chi connectivity index (χ2v) is 4.81. The van der Waals surface area contributed by atoms with E-state index in [1.165, 1.54) is 27.9 Å². The van der Waals surface area contributed by atoms with Crippen molar-refractivity contribution in [2.24, 2.45) is 0 Å². The molecule has 20 heavy (non-hydrogen) atoms. The Labute approximate surface area is 127 Å². The maximum absolute atomic E-state index is 3.96. The second-order valence-electron chi connectivity index (χ2n) is 4.81. The molecular formula is C20H34. The maximum atomic E-state index is 3.96. The van der Waals surface area contributed by atoms with Gasteiger partial charge in [-0.15, -0.1) is 0 Å². The van der Waals surface area contributed by atoms with Crippen molar-refractivity contribution in [3.05, 3.63) is 58.2 Å². The van der Waals surface area contributed by atoms with Crippen molar-refractivity contribution in [2.75, 3.05) is 0 Å². The number of hydrogen-bond acceptors (Lipinski definition) is 0. The molecule has 0 saturated heterocycles. The first-order valence-electron chi connectivity index (χ1n) is 7.83. The van der Waals surface area contributed by atoms with Crippen LogP contribution in [-0.4, -0.2) is 0 Å². The number of allylic oxidation sites excluding steroid dienone is 9. The molecule has 0 aromatic rings. The van der Waals surface area contributed by atoms with Crippen LogP contribution >= 0.6 is 0 Å². The van der Waals surface area contributed by atoms with Gasteiger partial charge in [-0.1, -0.05) is 69.2 Å². The average molecular weight is 274 g/mol. The zero-order valence-electron chi connectivity index (χ0n) is 15.1. The molecule has 0 aliphatic heterocycles. The van der Waals surface area contributed by atoms with E-state index >= 15 is 0 Å². The molecule has 0 fully saturated rings. The molecule has 0 bridgehead atoms. The average Bonchev–Trinajstić information content (AvgIpc) is 2.68. The van der Waals surface area contributed by atoms with Crippen LogP contribution in [0.3, 0.4) is 0 Å². The lowest BCUT2D eigenvalue weighted by molar-refractivity contribution is 1.19. The van der Waals surface area contributed by atoms with Crippen molar-refractivity contribution < 1.29 is 0 Å². The van der Waals surface area contributed by atoms with Crippen LogP contribution in [0, 0.1) is 0 Å². The topological polar surface area (TPSA) is 0 Å². The molecule has 0 aromatic heterocycles. The quantitative estimate of drug-likeness (QED) is 0.500. The van der Waals surface area contributed by atoms with E-state index in [2.05, 4.69) is 59.4 Å². The van der Waals surface area contributed by atoms with E-state index in [0.29, 0.717) is 0 Å². The summed E-state index contributed by atoms with van der Waals surface area (Å²) in [5.74, 6) is 0. The van der Waals surface area contributed by atoms with E-state index < -0.39 is 0 Å². The van der Waals surface area contributed by atoms with Crippen molar-refractivity contribution in [3.8, 4) is 0 Å². The van der Waals surface area contributed by atoms with Gasteiger partial charge in [-0.2, -0.15) is 0 Å². The fourth-order valence-electron chi connectivity index (χ4n) is 2.14. The molecule has 114 valence electrons. The van der Waals surface area contributed by atoms with Gasteiger partial charge in [0.05, 0.1) is 0 Å². The highest BCUT2D eigenvalue weighted by Crippen LogP contribution is 2.37. The second kappa shape index (κ2) is 11.5. The fourth-order valence-corrected chi connectivity index (χ4v) is 2.14. The predicted molar refractivity (Wildman–Crippen MR) is 96.1 cm³/mol. The van der Waals surface area contributed by atoms with Gasteiger partial charge in [0.2, 0.25) is 0 Å². The van der Waals surface area contributed by atoms with Crippen LogP contribution in [0.25, 0.3) is 0 Å². The van der Waals surface area contributed by atoms with Crippen molar-refractivity contribution in [3.63, 3.8) is 0 Å². The summed E-state index contributed by atoms with van der Waals surface area (Å²) in [5, 5.41) is 0. The molecule has 0 atom stereocenters. The summed E-state index contributed by atoms with van der Waals surface area (Å²) in [6, 6.07) is 0. The van der Waals surface area contributed by atoms with Crippen molar-refractivity contribution in [1.82, 2.24) is 0 Å². The molecule has 0 heteroatoms. The van der Waals surface area contributed by atoms with E-state index in [0.717, 1.165) is 12.0 Å². The monoisotopic (exact) mass is 274 g/mol. The Morgan fingerprint density at radius 2 is 1.55 bits per heavy atom. The molecule has 1 aliphatic rings. The number of rotatable bonds is 2. The Morgan fingerprint density at radius 1 is 1.05 bits per heavy atom. The van der Waals surface area contributed by atoms with Gasteiger partial charge < -0.3 is 0 Å². The van der Waals surface area contributed by atoms with Gasteiger partial charge in [0.25, 0.3) is 0 Å². The first kappa shape index (κ1) is 21.0. The molecule has 0 aromatic carbocycles. The Morgan fingerprint density at radius 3 is 1.90 bits per heavy atom. The smallest absolute Gasteiger partial charge is 0.00545 e. The maximum Gasteiger partial charge on any atom is -0.00545 e. The first-order chi connectivity index (χ1) is 9.45. The van der Waals surface area contributed by atoms with Gasteiger partial charge >= 0.3 is 0 Å². The van der Waals surface area contributed by atoms with Crippen molar-refractivity contribution in [1.29, 1.82) is 0 Å². The molecule has 1 aliphatic carbocycles. The molecular weight excluding hydrogens is 240 g/mol. The molecule has 1 rings (SSSR count). The standard InChI is InChI=1S/C16H22.2C2H6/c1-7-15-14(8-11(2)3)10-13(6)16(15)9-12(4)5;2*1-2/h7-9H,2,10H2,1,3-6H3;2*1-2H3/b14-8-,15-7+;;. The third kappa shape index (κ3) is 6.75. The third-order valence-corrected chi connectivity index (χ3v) is 2.69. The summed E-state index contributed by atoms with van der Waals surface area (Å²) >= 11 is 0. The van der Waals surface area contributed by atoms with Crippen molar-refractivity contribution >= 4 is 0 Å². The first-order valence-corrected chi connectivity index (χ1v) is 7.83. The molecule has 0 heterocycles. The lowest BCUT2D eigenvalue weighted by Crippen LogP contribution is -1.85. The minimum atomic E-state index is 1.06. The van der Waals surface area contributed by atoms with Crippen LogP contribution < -0.4 is 0 Å². The molecule has 0 amide bonds. The largest absolute Gasteiger partial charge is 0.0961 e. The van der Waals surface area contributed by atoms with Crippen LogP contribution in [0.5, 0.6) is 0 Å². The highest BCUT2D eigenvalue weighted by Gasteiger charge is 2.19. The van der Waals surface area contributed by atoms with Crippen LogP contribution in [-0.2, 0) is 0 Å². The Bertz CT molecular complexity index is 419. The van der Waals surface area contributed by atoms with Crippen molar-refractivity contribution in [2.45, 2.75) is 68.7 Å². The number of hydrogen-bond donors (Lipinski definition) is 0. The van der Waals surface area contributed by atoms with E-state index in [9.17, 15) is 0 Å². The molecule has 0 spiro atoms. The minimum absolute atomic E-state index is 1.06. The van der Waals surface area contributed by atoms with Crippen LogP contribution in [0.2, 0.25) is 0 Å². The molecule has 0 saturated carbocycles. The Balaban J connectivity index is 0. The predicted octanol–water partition coefficient (Wildman–Crippen LogP) is 7.17. The molecule has 0 nitrogen and oxygen atoms in total. The fraction of sp³-hybridized carbons (Fsp3) is 0.500. The summed E-state index contributed by atoms with van der Waals surface area (Å²) in [7, 11) is 0. The van der Waals surface area contributed by atoms with E-state index in [1.807, 2.05) is 27.7 Å². The summed E-state index contributed by atoms with van der Waals surface area (Å²) in [6.45, 7) is 22.6. The lowest BCUT2D eigenvalue weighted by Gasteiger charge is -2.04. The Kier molecular flexibility index (Phi) is 12.1. The minimum Gasteiger partial charge on any atom is -0.0961 e. The Hall–Kier alpha value is -1.30.